The fourth-order valence-corrected chi connectivity index (χ4v) is 5.56. The number of carbonyl (C=O) groups excluding carboxylic acids is 3. The zero-order chi connectivity index (χ0) is 30.0. The number of para-hydroxylation sites is 1. The Morgan fingerprint density at radius 3 is 2.57 bits per heavy atom. The molecule has 0 aliphatic carbocycles. The number of primary amides is 1. The van der Waals surface area contributed by atoms with E-state index in [-0.39, 0.29) is 36.5 Å². The van der Waals surface area contributed by atoms with E-state index in [0.717, 1.165) is 31.5 Å². The Balaban J connectivity index is 1.37. The van der Waals surface area contributed by atoms with Gasteiger partial charge in [-0.25, -0.2) is 9.78 Å². The summed E-state index contributed by atoms with van der Waals surface area (Å²) in [5.41, 5.74) is 5.83. The SMILES string of the molecule is CC1CCCN(C2Cc3cc(-c4nc(C(F)(F)F)c(C(N)=O)o4)ccc3N2C(=O)CCNC(=O)Nc2ccccc2)C1. The number of carbonyl (C=O) groups is 3. The molecule has 42 heavy (non-hydrogen) atoms. The standard InChI is InChI=1S/C29H31F3N6O4/c1-17-6-5-13-37(16-17)22-15-19-14-18(27-36-25(29(30,31)32)24(42-27)26(33)40)9-10-21(19)38(22)23(39)11-12-34-28(41)35-20-7-3-2-4-8-20/h2-4,7-10,14,17,22H,5-6,11-13,15-16H2,1H3,(H2,33,40)(H2,34,35,41). The molecule has 1 fully saturated rings. The fraction of sp³-hybridized carbons (Fsp3) is 0.379. The van der Waals surface area contributed by atoms with Crippen LogP contribution in [0.25, 0.3) is 11.5 Å². The number of amides is 4. The largest absolute Gasteiger partial charge is 0.437 e. The molecule has 2 aromatic carbocycles. The molecule has 0 spiro atoms. The van der Waals surface area contributed by atoms with Crippen molar-refractivity contribution in [3.05, 3.63) is 65.5 Å². The highest BCUT2D eigenvalue weighted by molar-refractivity contribution is 5.97. The predicted molar refractivity (Wildman–Crippen MR) is 148 cm³/mol. The van der Waals surface area contributed by atoms with Crippen LogP contribution in [0.1, 0.15) is 48.0 Å². The van der Waals surface area contributed by atoms with E-state index in [4.69, 9.17) is 10.2 Å². The fourth-order valence-electron chi connectivity index (χ4n) is 5.56. The number of aromatic nitrogens is 1. The molecule has 1 saturated heterocycles. The minimum atomic E-state index is -4.92. The monoisotopic (exact) mass is 584 g/mol. The second kappa shape index (κ2) is 11.8. The molecule has 10 nitrogen and oxygen atoms in total. The van der Waals surface area contributed by atoms with Gasteiger partial charge in [0, 0.05) is 49.4 Å². The Morgan fingerprint density at radius 1 is 1.14 bits per heavy atom. The summed E-state index contributed by atoms with van der Waals surface area (Å²) in [7, 11) is 0. The summed E-state index contributed by atoms with van der Waals surface area (Å²) in [6, 6.07) is 13.3. The van der Waals surface area contributed by atoms with Crippen LogP contribution in [-0.2, 0) is 17.4 Å². The lowest BCUT2D eigenvalue weighted by molar-refractivity contribution is -0.141. The number of rotatable bonds is 7. The van der Waals surface area contributed by atoms with E-state index in [1.807, 2.05) is 6.07 Å². The zero-order valence-electron chi connectivity index (χ0n) is 22.9. The first-order valence-corrected chi connectivity index (χ1v) is 13.7. The molecule has 4 amide bonds. The van der Waals surface area contributed by atoms with E-state index in [2.05, 4.69) is 27.4 Å². The number of piperidine rings is 1. The Kier molecular flexibility index (Phi) is 8.21. The molecule has 3 aromatic rings. The van der Waals surface area contributed by atoms with Crippen molar-refractivity contribution in [3.63, 3.8) is 0 Å². The number of likely N-dealkylation sites (tertiary alicyclic amines) is 1. The first kappa shape index (κ1) is 29.1. The molecule has 0 radical (unpaired) electrons. The molecule has 1 aromatic heterocycles. The van der Waals surface area contributed by atoms with Crippen molar-refractivity contribution in [2.75, 3.05) is 29.9 Å². The van der Waals surface area contributed by atoms with Crippen LogP contribution < -0.4 is 21.3 Å². The first-order valence-electron chi connectivity index (χ1n) is 13.7. The highest BCUT2D eigenvalue weighted by Gasteiger charge is 2.42. The molecule has 5 rings (SSSR count). The van der Waals surface area contributed by atoms with Gasteiger partial charge in [-0.05, 0) is 54.7 Å². The molecule has 13 heteroatoms. The lowest BCUT2D eigenvalue weighted by Crippen LogP contribution is -2.53. The van der Waals surface area contributed by atoms with Crippen molar-refractivity contribution in [1.29, 1.82) is 0 Å². The van der Waals surface area contributed by atoms with Crippen LogP contribution in [0.2, 0.25) is 0 Å². The number of fused-ring (bicyclic) bond motifs is 1. The quantitative estimate of drug-likeness (QED) is 0.371. The van der Waals surface area contributed by atoms with Gasteiger partial charge in [0.1, 0.15) is 0 Å². The summed E-state index contributed by atoms with van der Waals surface area (Å²) in [5, 5.41) is 5.42. The maximum Gasteiger partial charge on any atom is 0.437 e. The van der Waals surface area contributed by atoms with E-state index in [1.165, 1.54) is 6.07 Å². The molecule has 2 unspecified atom stereocenters. The number of oxazole rings is 1. The lowest BCUT2D eigenvalue weighted by atomic mass is 9.99. The highest BCUT2D eigenvalue weighted by Crippen LogP contribution is 2.40. The van der Waals surface area contributed by atoms with Crippen LogP contribution in [0.15, 0.2) is 52.9 Å². The first-order chi connectivity index (χ1) is 20.0. The van der Waals surface area contributed by atoms with Crippen molar-refractivity contribution in [1.82, 2.24) is 15.2 Å². The third kappa shape index (κ3) is 6.25. The number of anilines is 2. The highest BCUT2D eigenvalue weighted by atomic mass is 19.4. The van der Waals surface area contributed by atoms with Crippen molar-refractivity contribution >= 4 is 29.2 Å². The van der Waals surface area contributed by atoms with E-state index in [9.17, 15) is 27.6 Å². The van der Waals surface area contributed by atoms with Crippen molar-refractivity contribution in [2.24, 2.45) is 11.7 Å². The number of hydrogen-bond acceptors (Lipinski definition) is 6. The zero-order valence-corrected chi connectivity index (χ0v) is 22.9. The van der Waals surface area contributed by atoms with Gasteiger partial charge >= 0.3 is 12.2 Å². The molecule has 0 saturated carbocycles. The van der Waals surface area contributed by atoms with Crippen molar-refractivity contribution in [3.8, 4) is 11.5 Å². The Hall–Kier alpha value is -4.39. The summed E-state index contributed by atoms with van der Waals surface area (Å²) >= 11 is 0. The number of nitrogens with one attached hydrogen (secondary N) is 2. The maximum atomic E-state index is 13.6. The number of nitrogens with two attached hydrogens (primary N) is 1. The average Bonchev–Trinajstić information content (AvgIpc) is 3.56. The summed E-state index contributed by atoms with van der Waals surface area (Å²) in [6.45, 7) is 3.86. The van der Waals surface area contributed by atoms with Crippen LogP contribution in [0.3, 0.4) is 0 Å². The predicted octanol–water partition coefficient (Wildman–Crippen LogP) is 4.62. The van der Waals surface area contributed by atoms with Crippen LogP contribution in [0.4, 0.5) is 29.3 Å². The number of urea groups is 1. The number of hydrogen-bond donors (Lipinski definition) is 3. The van der Waals surface area contributed by atoms with E-state index in [0.29, 0.717) is 23.7 Å². The molecule has 2 aliphatic rings. The summed E-state index contributed by atoms with van der Waals surface area (Å²) < 4.78 is 45.5. The summed E-state index contributed by atoms with van der Waals surface area (Å²) in [4.78, 5) is 45.0. The van der Waals surface area contributed by atoms with Gasteiger partial charge in [-0.1, -0.05) is 25.1 Å². The molecule has 2 atom stereocenters. The maximum absolute atomic E-state index is 13.6. The molecular weight excluding hydrogens is 553 g/mol. The average molecular weight is 585 g/mol. The van der Waals surface area contributed by atoms with Crippen LogP contribution in [-0.4, -0.2) is 53.5 Å². The van der Waals surface area contributed by atoms with Crippen LogP contribution in [0.5, 0.6) is 0 Å². The van der Waals surface area contributed by atoms with Crippen molar-refractivity contribution < 1.29 is 32.0 Å². The Bertz CT molecular complexity index is 1480. The van der Waals surface area contributed by atoms with Gasteiger partial charge in [-0.15, -0.1) is 0 Å². The summed E-state index contributed by atoms with van der Waals surface area (Å²) in [6.07, 6.45) is -2.66. The van der Waals surface area contributed by atoms with Gasteiger partial charge in [-0.2, -0.15) is 13.2 Å². The third-order valence-electron chi connectivity index (χ3n) is 7.44. The molecule has 2 aliphatic heterocycles. The van der Waals surface area contributed by atoms with Gasteiger partial charge in [-0.3, -0.25) is 19.4 Å². The molecule has 3 heterocycles. The number of halogens is 3. The molecule has 0 bridgehead atoms. The number of benzene rings is 2. The molecule has 222 valence electrons. The minimum absolute atomic E-state index is 0.0416. The second-order valence-electron chi connectivity index (χ2n) is 10.6. The second-order valence-corrected chi connectivity index (χ2v) is 10.6. The molecule has 4 N–H and O–H groups in total. The van der Waals surface area contributed by atoms with E-state index < -0.39 is 29.6 Å². The Labute approximate surface area is 240 Å². The molecular formula is C29H31F3N6O4. The topological polar surface area (TPSA) is 134 Å². The van der Waals surface area contributed by atoms with Gasteiger partial charge < -0.3 is 20.8 Å². The number of alkyl halides is 3. The third-order valence-corrected chi connectivity index (χ3v) is 7.44. The smallest absolute Gasteiger partial charge is 0.430 e. The van der Waals surface area contributed by atoms with Gasteiger partial charge in [0.05, 0.1) is 6.17 Å². The lowest BCUT2D eigenvalue weighted by Gasteiger charge is -2.39. The number of nitrogens with zero attached hydrogens (tertiary/aromatic N) is 3. The minimum Gasteiger partial charge on any atom is -0.430 e. The van der Waals surface area contributed by atoms with E-state index >= 15 is 0 Å². The van der Waals surface area contributed by atoms with Gasteiger partial charge in [0.2, 0.25) is 17.6 Å². The van der Waals surface area contributed by atoms with Crippen LogP contribution in [0, 0.1) is 5.92 Å². The Morgan fingerprint density at radius 2 is 1.90 bits per heavy atom. The van der Waals surface area contributed by atoms with E-state index in [1.54, 1.807) is 41.3 Å². The van der Waals surface area contributed by atoms with Gasteiger partial charge in [0.25, 0.3) is 5.91 Å². The summed E-state index contributed by atoms with van der Waals surface area (Å²) in [5.74, 6) is -2.57. The normalized spacial score (nSPS) is 18.9. The van der Waals surface area contributed by atoms with Crippen LogP contribution >= 0.6 is 0 Å². The van der Waals surface area contributed by atoms with Crippen molar-refractivity contribution in [2.45, 2.75) is 44.9 Å². The van der Waals surface area contributed by atoms with Gasteiger partial charge in [0.15, 0.2) is 5.69 Å².